The fourth-order valence-corrected chi connectivity index (χ4v) is 0. The molecule has 0 aliphatic heterocycles. The van der Waals surface area contributed by atoms with E-state index >= 15 is 0 Å². The lowest BCUT2D eigenvalue weighted by atomic mass is 10.8. The lowest BCUT2D eigenvalue weighted by molar-refractivity contribution is -0.849. The molecule has 3 heteroatoms. The Hall–Kier alpha value is 0.210. The summed E-state index contributed by atoms with van der Waals surface area (Å²) in [6.45, 7) is 0. The number of halogens is 1. The summed E-state index contributed by atoms with van der Waals surface area (Å²) in [5.74, 6) is 0. The predicted molar refractivity (Wildman–Crippen MR) is 27.6 cm³/mol. The van der Waals surface area contributed by atoms with Gasteiger partial charge in [-0.05, 0) is 0 Å². The van der Waals surface area contributed by atoms with Crippen molar-refractivity contribution in [3.05, 3.63) is 0 Å². The summed E-state index contributed by atoms with van der Waals surface area (Å²) in [7, 11) is 8.50. The van der Waals surface area contributed by atoms with Crippen LogP contribution in [0.3, 0.4) is 0 Å². The van der Waals surface area contributed by atoms with Crippen molar-refractivity contribution in [3.63, 3.8) is 0 Å². The third-order valence-electron chi connectivity index (χ3n) is 0. The summed E-state index contributed by atoms with van der Waals surface area (Å²) in [4.78, 5) is 0. The molecule has 2 N–H and O–H groups in total. The standard InChI is InChI=1S/C4H12N.ClH.H2O/c1-5(2,3)4;;/h1-4H3;1H;1H2/q+1;;/p-1. The monoisotopic (exact) mass is 127 g/mol. The molecule has 0 aromatic heterocycles. The van der Waals surface area contributed by atoms with E-state index in [-0.39, 0.29) is 17.9 Å². The maximum absolute atomic E-state index is 2.12. The molecule has 0 aromatic rings. The van der Waals surface area contributed by atoms with E-state index in [0.717, 1.165) is 4.48 Å². The van der Waals surface area contributed by atoms with Gasteiger partial charge in [0.25, 0.3) is 0 Å². The topological polar surface area (TPSA) is 31.5 Å². The number of hydrogen-bond acceptors (Lipinski definition) is 0. The van der Waals surface area contributed by atoms with E-state index in [1.807, 2.05) is 0 Å². The quantitative estimate of drug-likeness (QED) is 0.303. The second-order valence-electron chi connectivity index (χ2n) is 2.68. The van der Waals surface area contributed by atoms with Crippen LogP contribution in [0.15, 0.2) is 0 Å². The van der Waals surface area contributed by atoms with E-state index in [1.54, 1.807) is 0 Å². The zero-order chi connectivity index (χ0) is 4.50. The van der Waals surface area contributed by atoms with Crippen LogP contribution in [0.4, 0.5) is 0 Å². The first-order valence-corrected chi connectivity index (χ1v) is 1.79. The lowest BCUT2D eigenvalue weighted by Gasteiger charge is -2.14. The van der Waals surface area contributed by atoms with E-state index in [9.17, 15) is 0 Å². The molecule has 2 nitrogen and oxygen atoms in total. The van der Waals surface area contributed by atoms with Gasteiger partial charge in [0, 0.05) is 0 Å². The average molecular weight is 128 g/mol. The van der Waals surface area contributed by atoms with Crippen molar-refractivity contribution in [2.45, 2.75) is 0 Å². The molecule has 7 heavy (non-hydrogen) atoms. The van der Waals surface area contributed by atoms with Gasteiger partial charge in [-0.2, -0.15) is 0 Å². The van der Waals surface area contributed by atoms with E-state index in [2.05, 4.69) is 28.2 Å². The Kier molecular flexibility index (Phi) is 9.80. The first-order chi connectivity index (χ1) is 2.00. The van der Waals surface area contributed by atoms with Gasteiger partial charge in [-0.15, -0.1) is 0 Å². The smallest absolute Gasteiger partial charge is 0.0675 e. The predicted octanol–water partition coefficient (Wildman–Crippen LogP) is -3.50. The molecule has 0 saturated carbocycles. The highest BCUT2D eigenvalue weighted by Gasteiger charge is 1.88. The van der Waals surface area contributed by atoms with Gasteiger partial charge in [0.2, 0.25) is 0 Å². The SMILES string of the molecule is C[N+](C)(C)C.O.[Cl-]. The molecule has 0 radical (unpaired) electrons. The molecule has 0 amide bonds. The maximum atomic E-state index is 2.12. The molecule has 0 unspecified atom stereocenters. The maximum Gasteiger partial charge on any atom is 0.0675 e. The largest absolute Gasteiger partial charge is 1.00 e. The summed E-state index contributed by atoms with van der Waals surface area (Å²) in [6, 6.07) is 0. The van der Waals surface area contributed by atoms with Crippen molar-refractivity contribution in [2.75, 3.05) is 28.2 Å². The second-order valence-corrected chi connectivity index (χ2v) is 2.68. The van der Waals surface area contributed by atoms with Crippen LogP contribution in [-0.2, 0) is 0 Å². The molecule has 0 atom stereocenters. The number of rotatable bonds is 0. The highest BCUT2D eigenvalue weighted by molar-refractivity contribution is 3.87. The van der Waals surface area contributed by atoms with Gasteiger partial charge in [0.1, 0.15) is 0 Å². The van der Waals surface area contributed by atoms with Crippen LogP contribution in [0.1, 0.15) is 0 Å². The lowest BCUT2D eigenvalue weighted by Crippen LogP contribution is -3.00. The van der Waals surface area contributed by atoms with Gasteiger partial charge in [0.15, 0.2) is 0 Å². The Morgan fingerprint density at radius 3 is 0.857 bits per heavy atom. The normalized spacial score (nSPS) is 8.57. The minimum atomic E-state index is 0. The summed E-state index contributed by atoms with van der Waals surface area (Å²) < 4.78 is 1.00. The van der Waals surface area contributed by atoms with Crippen molar-refractivity contribution in [1.29, 1.82) is 0 Å². The molecule has 0 rings (SSSR count). The van der Waals surface area contributed by atoms with Crippen molar-refractivity contribution in [3.8, 4) is 0 Å². The number of quaternary nitrogens is 1. The molecule has 0 saturated heterocycles. The number of nitrogens with zero attached hydrogens (tertiary/aromatic N) is 1. The Bertz CT molecular complexity index is 27.2. The zero-order valence-corrected chi connectivity index (χ0v) is 6.08. The van der Waals surface area contributed by atoms with Crippen molar-refractivity contribution in [1.82, 2.24) is 0 Å². The highest BCUT2D eigenvalue weighted by Crippen LogP contribution is 1.73. The minimum Gasteiger partial charge on any atom is -1.00 e. The van der Waals surface area contributed by atoms with Crippen LogP contribution in [0.25, 0.3) is 0 Å². The van der Waals surface area contributed by atoms with Gasteiger partial charge in [-0.1, -0.05) is 0 Å². The zero-order valence-electron chi connectivity index (χ0n) is 5.33. The van der Waals surface area contributed by atoms with Crippen LogP contribution in [0.2, 0.25) is 0 Å². The Morgan fingerprint density at radius 2 is 0.857 bits per heavy atom. The third kappa shape index (κ3) is 2500. The molecule has 0 aliphatic rings. The van der Waals surface area contributed by atoms with Crippen molar-refractivity contribution in [2.24, 2.45) is 0 Å². The molecule has 0 spiro atoms. The Morgan fingerprint density at radius 1 is 0.857 bits per heavy atom. The first-order valence-electron chi connectivity index (χ1n) is 1.79. The molecule has 0 bridgehead atoms. The van der Waals surface area contributed by atoms with E-state index < -0.39 is 0 Å². The van der Waals surface area contributed by atoms with E-state index in [1.165, 1.54) is 0 Å². The molecule has 0 aromatic carbocycles. The second kappa shape index (κ2) is 4.37. The molecular weight excluding hydrogens is 114 g/mol. The molecule has 0 heterocycles. The molecular formula is C4H14ClNO. The molecule has 0 fully saturated rings. The summed E-state index contributed by atoms with van der Waals surface area (Å²) >= 11 is 0. The van der Waals surface area contributed by atoms with E-state index in [0.29, 0.717) is 0 Å². The Balaban J connectivity index is -0.0000000800. The fraction of sp³-hybridized carbons (Fsp3) is 1.00. The van der Waals surface area contributed by atoms with Gasteiger partial charge >= 0.3 is 0 Å². The Labute approximate surface area is 51.4 Å². The van der Waals surface area contributed by atoms with Crippen LogP contribution in [-0.4, -0.2) is 38.1 Å². The van der Waals surface area contributed by atoms with Crippen molar-refractivity contribution >= 4 is 0 Å². The first kappa shape index (κ1) is 15.7. The number of hydrogen-bond donors (Lipinski definition) is 0. The van der Waals surface area contributed by atoms with Gasteiger partial charge < -0.3 is 22.4 Å². The van der Waals surface area contributed by atoms with E-state index in [4.69, 9.17) is 0 Å². The van der Waals surface area contributed by atoms with Crippen LogP contribution < -0.4 is 12.4 Å². The summed E-state index contributed by atoms with van der Waals surface area (Å²) in [5.41, 5.74) is 0. The van der Waals surface area contributed by atoms with Gasteiger partial charge in [0.05, 0.1) is 28.2 Å². The van der Waals surface area contributed by atoms with Crippen LogP contribution in [0.5, 0.6) is 0 Å². The third-order valence-corrected chi connectivity index (χ3v) is 0. The fourth-order valence-electron chi connectivity index (χ4n) is 0. The minimum absolute atomic E-state index is 0. The van der Waals surface area contributed by atoms with Gasteiger partial charge in [-0.3, -0.25) is 0 Å². The van der Waals surface area contributed by atoms with Crippen molar-refractivity contribution < 1.29 is 22.4 Å². The molecule has 48 valence electrons. The average Bonchev–Trinajstić information content (AvgIpc) is 0.722. The highest BCUT2D eigenvalue weighted by atomic mass is 35.5. The van der Waals surface area contributed by atoms with Crippen LogP contribution in [0, 0.1) is 0 Å². The van der Waals surface area contributed by atoms with Gasteiger partial charge in [-0.25, -0.2) is 0 Å². The summed E-state index contributed by atoms with van der Waals surface area (Å²) in [6.07, 6.45) is 0. The van der Waals surface area contributed by atoms with Crippen LogP contribution >= 0.6 is 0 Å². The summed E-state index contributed by atoms with van der Waals surface area (Å²) in [5, 5.41) is 0. The molecule has 0 aliphatic carbocycles.